The van der Waals surface area contributed by atoms with E-state index in [0.29, 0.717) is 17.8 Å². The van der Waals surface area contributed by atoms with Gasteiger partial charge in [0.25, 0.3) is 0 Å². The van der Waals surface area contributed by atoms with Gasteiger partial charge in [-0.15, -0.1) is 0 Å². The first-order chi connectivity index (χ1) is 7.59. The molecule has 1 N–H and O–H groups in total. The van der Waals surface area contributed by atoms with E-state index in [2.05, 4.69) is 5.32 Å². The number of benzene rings is 1. The molecule has 1 heterocycles. The number of hydrogen-bond donors (Lipinski definition) is 1. The van der Waals surface area contributed by atoms with Gasteiger partial charge in [0.15, 0.2) is 0 Å². The minimum Gasteiger partial charge on any atom is -0.383 e. The van der Waals surface area contributed by atoms with E-state index in [1.807, 2.05) is 0 Å². The van der Waals surface area contributed by atoms with Crippen LogP contribution in [-0.4, -0.2) is 19.0 Å². The Morgan fingerprint density at radius 3 is 2.94 bits per heavy atom. The van der Waals surface area contributed by atoms with Crippen LogP contribution in [-0.2, 0) is 4.79 Å². The topological polar surface area (TPSA) is 32.3 Å². The van der Waals surface area contributed by atoms with Gasteiger partial charge in [0.1, 0.15) is 5.82 Å². The lowest BCUT2D eigenvalue weighted by molar-refractivity contribution is -0.116. The van der Waals surface area contributed by atoms with Crippen LogP contribution >= 0.6 is 0 Å². The molecular formula is C12H15FN2O. The van der Waals surface area contributed by atoms with Crippen LogP contribution in [0.5, 0.6) is 0 Å². The van der Waals surface area contributed by atoms with E-state index in [9.17, 15) is 9.18 Å². The first kappa shape index (κ1) is 10.9. The maximum atomic E-state index is 13.5. The van der Waals surface area contributed by atoms with E-state index >= 15 is 0 Å². The second-order valence-electron chi connectivity index (χ2n) is 4.07. The summed E-state index contributed by atoms with van der Waals surface area (Å²) in [7, 11) is 0. The Bertz CT molecular complexity index is 431. The highest BCUT2D eigenvalue weighted by atomic mass is 19.1. The number of aryl methyl sites for hydroxylation is 1. The van der Waals surface area contributed by atoms with Crippen molar-refractivity contribution < 1.29 is 9.18 Å². The summed E-state index contributed by atoms with van der Waals surface area (Å²) in [5.41, 5.74) is 2.08. The molecule has 0 atom stereocenters. The smallest absolute Gasteiger partial charge is 0.223 e. The molecule has 4 heteroatoms. The highest BCUT2D eigenvalue weighted by Gasteiger charge is 2.19. The summed E-state index contributed by atoms with van der Waals surface area (Å²) in [5, 5.41) is 3.22. The average molecular weight is 222 g/mol. The lowest BCUT2D eigenvalue weighted by Gasteiger charge is -2.21. The van der Waals surface area contributed by atoms with Gasteiger partial charge < -0.3 is 10.2 Å². The summed E-state index contributed by atoms with van der Waals surface area (Å²) in [4.78, 5) is 13.1. The van der Waals surface area contributed by atoms with Crippen LogP contribution in [0.15, 0.2) is 12.1 Å². The quantitative estimate of drug-likeness (QED) is 0.730. The van der Waals surface area contributed by atoms with Crippen molar-refractivity contribution >= 4 is 17.3 Å². The maximum Gasteiger partial charge on any atom is 0.223 e. The summed E-state index contributed by atoms with van der Waals surface area (Å²) in [6, 6.07) is 3.19. The van der Waals surface area contributed by atoms with E-state index in [-0.39, 0.29) is 11.7 Å². The lowest BCUT2D eigenvalue weighted by atomic mass is 10.1. The molecule has 1 aliphatic rings. The Labute approximate surface area is 94.3 Å². The standard InChI is InChI=1S/C12H15FN2O/c1-8-6-11-12(7-10(8)13)15(9(2)16)5-3-4-14-11/h6-7,14H,3-5H2,1-2H3. The molecule has 0 spiro atoms. The molecule has 0 saturated heterocycles. The Hall–Kier alpha value is -1.58. The van der Waals surface area contributed by atoms with E-state index in [1.54, 1.807) is 17.9 Å². The van der Waals surface area contributed by atoms with Crippen LogP contribution in [0.25, 0.3) is 0 Å². The number of nitrogens with one attached hydrogen (secondary N) is 1. The van der Waals surface area contributed by atoms with Crippen molar-refractivity contribution in [1.82, 2.24) is 0 Å². The normalized spacial score (nSPS) is 15.1. The Kier molecular flexibility index (Phi) is 2.81. The van der Waals surface area contributed by atoms with E-state index in [0.717, 1.165) is 18.7 Å². The molecule has 0 radical (unpaired) electrons. The molecule has 1 aromatic carbocycles. The molecule has 1 amide bonds. The van der Waals surface area contributed by atoms with Crippen molar-refractivity contribution in [3.05, 3.63) is 23.5 Å². The number of amides is 1. The van der Waals surface area contributed by atoms with Gasteiger partial charge in [0, 0.05) is 20.0 Å². The van der Waals surface area contributed by atoms with Crippen LogP contribution in [0.4, 0.5) is 15.8 Å². The predicted molar refractivity (Wildman–Crippen MR) is 62.3 cm³/mol. The number of anilines is 2. The highest BCUT2D eigenvalue weighted by Crippen LogP contribution is 2.31. The zero-order chi connectivity index (χ0) is 11.7. The summed E-state index contributed by atoms with van der Waals surface area (Å²) in [6.07, 6.45) is 0.870. The fraction of sp³-hybridized carbons (Fsp3) is 0.417. The zero-order valence-corrected chi connectivity index (χ0v) is 9.51. The number of nitrogens with zero attached hydrogens (tertiary/aromatic N) is 1. The van der Waals surface area contributed by atoms with Crippen molar-refractivity contribution in [2.75, 3.05) is 23.3 Å². The molecule has 3 nitrogen and oxygen atoms in total. The van der Waals surface area contributed by atoms with Crippen molar-refractivity contribution in [3.63, 3.8) is 0 Å². The van der Waals surface area contributed by atoms with Gasteiger partial charge in [-0.3, -0.25) is 4.79 Å². The predicted octanol–water partition coefficient (Wildman–Crippen LogP) is 2.30. The van der Waals surface area contributed by atoms with Crippen LogP contribution in [0, 0.1) is 12.7 Å². The second-order valence-corrected chi connectivity index (χ2v) is 4.07. The van der Waals surface area contributed by atoms with Gasteiger partial charge in [-0.2, -0.15) is 0 Å². The Morgan fingerprint density at radius 2 is 2.25 bits per heavy atom. The third kappa shape index (κ3) is 1.87. The molecule has 0 unspecified atom stereocenters. The van der Waals surface area contributed by atoms with Crippen LogP contribution < -0.4 is 10.2 Å². The van der Waals surface area contributed by atoms with Crippen molar-refractivity contribution in [2.45, 2.75) is 20.3 Å². The molecule has 2 rings (SSSR count). The first-order valence-electron chi connectivity index (χ1n) is 5.41. The molecule has 0 saturated carbocycles. The summed E-state index contributed by atoms with van der Waals surface area (Å²) < 4.78 is 13.5. The lowest BCUT2D eigenvalue weighted by Crippen LogP contribution is -2.29. The fourth-order valence-corrected chi connectivity index (χ4v) is 1.94. The number of halogens is 1. The van der Waals surface area contributed by atoms with Gasteiger partial charge in [-0.05, 0) is 31.0 Å². The Balaban J connectivity index is 2.52. The average Bonchev–Trinajstić information content (AvgIpc) is 2.41. The van der Waals surface area contributed by atoms with Gasteiger partial charge >= 0.3 is 0 Å². The molecule has 1 aliphatic heterocycles. The number of fused-ring (bicyclic) bond motifs is 1. The van der Waals surface area contributed by atoms with Gasteiger partial charge in [0.05, 0.1) is 11.4 Å². The first-order valence-corrected chi connectivity index (χ1v) is 5.41. The zero-order valence-electron chi connectivity index (χ0n) is 9.51. The molecule has 0 aromatic heterocycles. The highest BCUT2D eigenvalue weighted by molar-refractivity contribution is 5.95. The molecule has 0 fully saturated rings. The minimum absolute atomic E-state index is 0.0480. The van der Waals surface area contributed by atoms with Crippen molar-refractivity contribution in [3.8, 4) is 0 Å². The van der Waals surface area contributed by atoms with Gasteiger partial charge in [-0.1, -0.05) is 0 Å². The van der Waals surface area contributed by atoms with E-state index < -0.39 is 0 Å². The second kappa shape index (κ2) is 4.12. The largest absolute Gasteiger partial charge is 0.383 e. The number of carbonyl (C=O) groups is 1. The summed E-state index contributed by atoms with van der Waals surface area (Å²) in [6.45, 7) is 4.67. The SMILES string of the molecule is CC(=O)N1CCCNc2cc(C)c(F)cc21. The third-order valence-corrected chi connectivity index (χ3v) is 2.82. The maximum absolute atomic E-state index is 13.5. The van der Waals surface area contributed by atoms with Crippen LogP contribution in [0.3, 0.4) is 0 Å². The van der Waals surface area contributed by atoms with E-state index in [4.69, 9.17) is 0 Å². The van der Waals surface area contributed by atoms with Gasteiger partial charge in [0.2, 0.25) is 5.91 Å². The molecule has 86 valence electrons. The van der Waals surface area contributed by atoms with E-state index in [1.165, 1.54) is 13.0 Å². The van der Waals surface area contributed by atoms with Gasteiger partial charge in [-0.25, -0.2) is 4.39 Å². The third-order valence-electron chi connectivity index (χ3n) is 2.82. The molecule has 1 aromatic rings. The van der Waals surface area contributed by atoms with Crippen LogP contribution in [0.2, 0.25) is 0 Å². The Morgan fingerprint density at radius 1 is 1.50 bits per heavy atom. The minimum atomic E-state index is -0.270. The van der Waals surface area contributed by atoms with Crippen molar-refractivity contribution in [2.24, 2.45) is 0 Å². The summed E-state index contributed by atoms with van der Waals surface area (Å²) >= 11 is 0. The monoisotopic (exact) mass is 222 g/mol. The molecule has 0 bridgehead atoms. The molecule has 0 aliphatic carbocycles. The molecule has 16 heavy (non-hydrogen) atoms. The van der Waals surface area contributed by atoms with Crippen LogP contribution in [0.1, 0.15) is 18.9 Å². The fourth-order valence-electron chi connectivity index (χ4n) is 1.94. The number of hydrogen-bond acceptors (Lipinski definition) is 2. The van der Waals surface area contributed by atoms with Crippen molar-refractivity contribution in [1.29, 1.82) is 0 Å². The molecular weight excluding hydrogens is 207 g/mol. The number of carbonyl (C=O) groups excluding carboxylic acids is 1. The summed E-state index contributed by atoms with van der Waals surface area (Å²) in [5.74, 6) is -0.318. The number of rotatable bonds is 0.